The summed E-state index contributed by atoms with van der Waals surface area (Å²) in [7, 11) is 0. The highest BCUT2D eigenvalue weighted by Gasteiger charge is 2.22. The van der Waals surface area contributed by atoms with E-state index in [2.05, 4.69) is 18.9 Å². The Hall–Kier alpha value is -2.95. The van der Waals surface area contributed by atoms with E-state index in [0.29, 0.717) is 24.5 Å². The molecule has 0 saturated heterocycles. The van der Waals surface area contributed by atoms with Gasteiger partial charge in [-0.15, -0.1) is 0 Å². The van der Waals surface area contributed by atoms with Crippen LogP contribution in [-0.4, -0.2) is 33.7 Å². The summed E-state index contributed by atoms with van der Waals surface area (Å²) in [6, 6.07) is 17.5. The molecule has 0 atom stereocenters. The van der Waals surface area contributed by atoms with Gasteiger partial charge in [0, 0.05) is 18.7 Å². The number of nitrogens with zero attached hydrogens (tertiary/aromatic N) is 3. The second kappa shape index (κ2) is 8.62. The van der Waals surface area contributed by atoms with Crippen LogP contribution in [0.3, 0.4) is 0 Å². The summed E-state index contributed by atoms with van der Waals surface area (Å²) in [5, 5.41) is 4.65. The van der Waals surface area contributed by atoms with Crippen molar-refractivity contribution in [2.45, 2.75) is 26.7 Å². The number of halogens is 1. The van der Waals surface area contributed by atoms with Gasteiger partial charge in [-0.05, 0) is 55.3 Å². The van der Waals surface area contributed by atoms with Crippen molar-refractivity contribution in [2.24, 2.45) is 0 Å². The van der Waals surface area contributed by atoms with Crippen LogP contribution in [0.5, 0.6) is 0 Å². The first-order valence-corrected chi connectivity index (χ1v) is 9.34. The van der Waals surface area contributed by atoms with Crippen LogP contribution in [0.25, 0.3) is 16.9 Å². The molecule has 5 heteroatoms. The zero-order chi connectivity index (χ0) is 19.2. The monoisotopic (exact) mass is 365 g/mol. The van der Waals surface area contributed by atoms with Gasteiger partial charge in [-0.2, -0.15) is 5.10 Å². The highest BCUT2D eigenvalue weighted by Crippen LogP contribution is 2.23. The summed E-state index contributed by atoms with van der Waals surface area (Å²) in [6.07, 6.45) is 1.80. The zero-order valence-electron chi connectivity index (χ0n) is 15.7. The topological polar surface area (TPSA) is 38.1 Å². The predicted octanol–water partition coefficient (Wildman–Crippen LogP) is 4.94. The van der Waals surface area contributed by atoms with E-state index >= 15 is 0 Å². The number of carbonyl (C=O) groups excluding carboxylic acids is 1. The molecule has 3 rings (SSSR count). The minimum absolute atomic E-state index is 0.0385. The molecule has 1 amide bonds. The maximum atomic E-state index is 13.3. The molecule has 0 aliphatic carbocycles. The van der Waals surface area contributed by atoms with Gasteiger partial charge < -0.3 is 4.90 Å². The third kappa shape index (κ3) is 4.25. The second-order valence-corrected chi connectivity index (χ2v) is 6.46. The quantitative estimate of drug-likeness (QED) is 0.595. The lowest BCUT2D eigenvalue weighted by Crippen LogP contribution is -2.33. The molecule has 2 aromatic carbocycles. The Bertz CT molecular complexity index is 882. The van der Waals surface area contributed by atoms with Crippen molar-refractivity contribution in [1.29, 1.82) is 0 Å². The van der Waals surface area contributed by atoms with E-state index in [0.717, 1.165) is 24.1 Å². The van der Waals surface area contributed by atoms with Gasteiger partial charge in [-0.1, -0.05) is 32.0 Å². The zero-order valence-corrected chi connectivity index (χ0v) is 15.7. The van der Waals surface area contributed by atoms with Crippen molar-refractivity contribution in [3.05, 3.63) is 72.2 Å². The molecule has 4 nitrogen and oxygen atoms in total. The summed E-state index contributed by atoms with van der Waals surface area (Å²) >= 11 is 0. The second-order valence-electron chi connectivity index (χ2n) is 6.46. The lowest BCUT2D eigenvalue weighted by atomic mass is 10.1. The molecule has 140 valence electrons. The van der Waals surface area contributed by atoms with Crippen molar-refractivity contribution in [1.82, 2.24) is 14.7 Å². The molecule has 0 aliphatic rings. The van der Waals surface area contributed by atoms with Gasteiger partial charge in [0.15, 0.2) is 0 Å². The van der Waals surface area contributed by atoms with Gasteiger partial charge in [0.1, 0.15) is 11.5 Å². The number of amides is 1. The number of rotatable bonds is 7. The highest BCUT2D eigenvalue weighted by molar-refractivity contribution is 5.94. The molecule has 0 radical (unpaired) electrons. The first kappa shape index (κ1) is 18.8. The molecule has 0 unspecified atom stereocenters. The molecular weight excluding hydrogens is 341 g/mol. The van der Waals surface area contributed by atoms with Crippen LogP contribution < -0.4 is 0 Å². The third-order valence-corrected chi connectivity index (χ3v) is 4.34. The van der Waals surface area contributed by atoms with Crippen LogP contribution in [-0.2, 0) is 0 Å². The van der Waals surface area contributed by atoms with Crippen molar-refractivity contribution in [2.75, 3.05) is 13.1 Å². The van der Waals surface area contributed by atoms with Crippen LogP contribution in [0.15, 0.2) is 60.7 Å². The molecule has 0 fully saturated rings. The summed E-state index contributed by atoms with van der Waals surface area (Å²) < 4.78 is 14.9. The van der Waals surface area contributed by atoms with Gasteiger partial charge in [0.2, 0.25) is 0 Å². The van der Waals surface area contributed by atoms with Crippen molar-refractivity contribution in [3.8, 4) is 16.9 Å². The van der Waals surface area contributed by atoms with E-state index in [1.807, 2.05) is 35.2 Å². The van der Waals surface area contributed by atoms with Crippen LogP contribution >= 0.6 is 0 Å². The molecule has 0 N–H and O–H groups in total. The number of benzene rings is 2. The van der Waals surface area contributed by atoms with Crippen molar-refractivity contribution >= 4 is 5.91 Å². The largest absolute Gasteiger partial charge is 0.337 e. The van der Waals surface area contributed by atoms with E-state index in [4.69, 9.17) is 0 Å². The maximum absolute atomic E-state index is 13.3. The fourth-order valence-corrected chi connectivity index (χ4v) is 3.08. The smallest absolute Gasteiger partial charge is 0.272 e. The fraction of sp³-hybridized carbons (Fsp3) is 0.273. The van der Waals surface area contributed by atoms with E-state index in [1.165, 1.54) is 12.1 Å². The molecule has 3 aromatic rings. The lowest BCUT2D eigenvalue weighted by molar-refractivity contribution is 0.0746. The van der Waals surface area contributed by atoms with Crippen LogP contribution in [0.1, 0.15) is 37.2 Å². The van der Waals surface area contributed by atoms with Crippen molar-refractivity contribution in [3.63, 3.8) is 0 Å². The predicted molar refractivity (Wildman–Crippen MR) is 105 cm³/mol. The lowest BCUT2D eigenvalue weighted by Gasteiger charge is -2.21. The molecule has 0 bridgehead atoms. The van der Waals surface area contributed by atoms with Crippen molar-refractivity contribution < 1.29 is 9.18 Å². The minimum atomic E-state index is -0.297. The van der Waals surface area contributed by atoms with Crippen LogP contribution in [0.4, 0.5) is 4.39 Å². The summed E-state index contributed by atoms with van der Waals surface area (Å²) in [6.45, 7) is 5.54. The van der Waals surface area contributed by atoms with Gasteiger partial charge in [0.25, 0.3) is 5.91 Å². The first-order chi connectivity index (χ1) is 13.1. The Labute approximate surface area is 159 Å². The molecule has 0 spiro atoms. The number of aromatic nitrogens is 2. The number of hydrogen-bond acceptors (Lipinski definition) is 2. The Balaban J connectivity index is 2.07. The van der Waals surface area contributed by atoms with Gasteiger partial charge in [-0.3, -0.25) is 4.79 Å². The average molecular weight is 365 g/mol. The fourth-order valence-electron chi connectivity index (χ4n) is 3.08. The van der Waals surface area contributed by atoms with Gasteiger partial charge in [-0.25, -0.2) is 9.07 Å². The summed E-state index contributed by atoms with van der Waals surface area (Å²) in [5.41, 5.74) is 2.76. The number of hydrogen-bond donors (Lipinski definition) is 0. The molecule has 0 aliphatic heterocycles. The number of carbonyl (C=O) groups is 1. The van der Waals surface area contributed by atoms with E-state index in [9.17, 15) is 9.18 Å². The maximum Gasteiger partial charge on any atom is 0.272 e. The van der Waals surface area contributed by atoms with E-state index in [1.54, 1.807) is 22.9 Å². The first-order valence-electron chi connectivity index (χ1n) is 9.34. The normalized spacial score (nSPS) is 10.8. The van der Waals surface area contributed by atoms with Crippen LogP contribution in [0.2, 0.25) is 0 Å². The SMILES string of the molecule is CCCN(CCC)C(=O)c1cc(-c2ccc(F)cc2)nn1-c1ccccc1. The minimum Gasteiger partial charge on any atom is -0.337 e. The molecule has 1 heterocycles. The van der Waals surface area contributed by atoms with Gasteiger partial charge >= 0.3 is 0 Å². The standard InChI is InChI=1S/C22H24FN3O/c1-3-14-25(15-4-2)22(27)21-16-20(17-10-12-18(23)13-11-17)24-26(21)19-8-6-5-7-9-19/h5-13,16H,3-4,14-15H2,1-2H3. The average Bonchev–Trinajstić information content (AvgIpc) is 3.14. The van der Waals surface area contributed by atoms with E-state index in [-0.39, 0.29) is 11.7 Å². The summed E-state index contributed by atoms with van der Waals surface area (Å²) in [5.74, 6) is -0.335. The highest BCUT2D eigenvalue weighted by atomic mass is 19.1. The Morgan fingerprint density at radius 1 is 1.00 bits per heavy atom. The van der Waals surface area contributed by atoms with E-state index < -0.39 is 0 Å². The molecular formula is C22H24FN3O. The Kier molecular flexibility index (Phi) is 6.01. The third-order valence-electron chi connectivity index (χ3n) is 4.34. The Morgan fingerprint density at radius 2 is 1.63 bits per heavy atom. The molecule has 1 aromatic heterocycles. The van der Waals surface area contributed by atoms with Crippen LogP contribution in [0, 0.1) is 5.82 Å². The molecule has 0 saturated carbocycles. The Morgan fingerprint density at radius 3 is 2.22 bits per heavy atom. The van der Waals surface area contributed by atoms with Gasteiger partial charge in [0.05, 0.1) is 11.4 Å². The molecule has 27 heavy (non-hydrogen) atoms. The number of para-hydroxylation sites is 1. The summed E-state index contributed by atoms with van der Waals surface area (Å²) in [4.78, 5) is 15.1.